The maximum atomic E-state index is 13.2. The molecule has 2 nitrogen and oxygen atoms in total. The van der Waals surface area contributed by atoms with E-state index in [1.165, 1.54) is 12.1 Å². The average Bonchev–Trinajstić information content (AvgIpc) is 2.08. The Morgan fingerprint density at radius 1 is 1.33 bits per heavy atom. The normalized spacial score (nSPS) is 10.3. The monoisotopic (exact) mass is 214 g/mol. The summed E-state index contributed by atoms with van der Waals surface area (Å²) in [6.45, 7) is 1.60. The Morgan fingerprint density at radius 2 is 1.87 bits per heavy atom. The molecule has 4 heteroatoms. The minimum absolute atomic E-state index is 0.0261. The third kappa shape index (κ3) is 3.31. The zero-order valence-electron chi connectivity index (χ0n) is 8.39. The van der Waals surface area contributed by atoms with E-state index < -0.39 is 17.6 Å². The van der Waals surface area contributed by atoms with Gasteiger partial charge in [0.25, 0.3) is 0 Å². The van der Waals surface area contributed by atoms with E-state index in [-0.39, 0.29) is 24.8 Å². The van der Waals surface area contributed by atoms with Gasteiger partial charge in [0.1, 0.15) is 11.6 Å². The number of aliphatic carboxylic acids is 1. The van der Waals surface area contributed by atoms with E-state index in [2.05, 4.69) is 0 Å². The Balaban J connectivity index is 2.72. The molecule has 15 heavy (non-hydrogen) atoms. The average molecular weight is 214 g/mol. The molecule has 1 rings (SSSR count). The van der Waals surface area contributed by atoms with Crippen molar-refractivity contribution in [3.63, 3.8) is 0 Å². The first-order valence-electron chi connectivity index (χ1n) is 4.67. The molecule has 0 unspecified atom stereocenters. The zero-order valence-corrected chi connectivity index (χ0v) is 8.39. The highest BCUT2D eigenvalue weighted by molar-refractivity contribution is 5.66. The second-order valence-corrected chi connectivity index (χ2v) is 3.45. The quantitative estimate of drug-likeness (QED) is 0.836. The summed E-state index contributed by atoms with van der Waals surface area (Å²) < 4.78 is 26.5. The second-order valence-electron chi connectivity index (χ2n) is 3.45. The summed E-state index contributed by atoms with van der Waals surface area (Å²) in [5.41, 5.74) is 0.494. The molecule has 0 aliphatic heterocycles. The predicted octanol–water partition coefficient (Wildman–Crippen LogP) is 2.68. The van der Waals surface area contributed by atoms with Crippen LogP contribution in [0.3, 0.4) is 0 Å². The molecule has 0 amide bonds. The van der Waals surface area contributed by atoms with E-state index in [4.69, 9.17) is 5.11 Å². The zero-order chi connectivity index (χ0) is 11.4. The maximum Gasteiger partial charge on any atom is 0.303 e. The Kier molecular flexibility index (Phi) is 3.77. The summed E-state index contributed by atoms with van der Waals surface area (Å²) in [5.74, 6) is -2.15. The van der Waals surface area contributed by atoms with E-state index in [1.54, 1.807) is 6.92 Å². The SMILES string of the molecule is Cc1cc(F)c(CCCC(=O)O)c(F)c1. The van der Waals surface area contributed by atoms with Crippen molar-refractivity contribution in [3.05, 3.63) is 34.9 Å². The molecule has 0 radical (unpaired) electrons. The van der Waals surface area contributed by atoms with Gasteiger partial charge in [0.2, 0.25) is 0 Å². The van der Waals surface area contributed by atoms with Crippen molar-refractivity contribution >= 4 is 5.97 Å². The molecule has 1 aromatic rings. The van der Waals surface area contributed by atoms with Gasteiger partial charge in [-0.1, -0.05) is 0 Å². The highest BCUT2D eigenvalue weighted by atomic mass is 19.1. The predicted molar refractivity (Wildman–Crippen MR) is 51.7 cm³/mol. The van der Waals surface area contributed by atoms with Crippen molar-refractivity contribution in [1.29, 1.82) is 0 Å². The van der Waals surface area contributed by atoms with Crippen molar-refractivity contribution in [1.82, 2.24) is 0 Å². The molecule has 82 valence electrons. The van der Waals surface area contributed by atoms with Gasteiger partial charge >= 0.3 is 5.97 Å². The number of aryl methyl sites for hydroxylation is 1. The lowest BCUT2D eigenvalue weighted by Crippen LogP contribution is -2.00. The van der Waals surface area contributed by atoms with E-state index in [1.807, 2.05) is 0 Å². The van der Waals surface area contributed by atoms with Crippen LogP contribution in [0.1, 0.15) is 24.0 Å². The molecular formula is C11H12F2O2. The van der Waals surface area contributed by atoms with Crippen LogP contribution >= 0.6 is 0 Å². The van der Waals surface area contributed by atoms with Gasteiger partial charge in [-0.25, -0.2) is 8.78 Å². The van der Waals surface area contributed by atoms with Crippen molar-refractivity contribution in [2.24, 2.45) is 0 Å². The van der Waals surface area contributed by atoms with Gasteiger partial charge < -0.3 is 5.11 Å². The van der Waals surface area contributed by atoms with Crippen LogP contribution in [0.2, 0.25) is 0 Å². The van der Waals surface area contributed by atoms with Gasteiger partial charge in [0.05, 0.1) is 0 Å². The summed E-state index contributed by atoms with van der Waals surface area (Å²) in [4.78, 5) is 10.2. The summed E-state index contributed by atoms with van der Waals surface area (Å²) in [7, 11) is 0. The number of rotatable bonds is 4. The first-order valence-corrected chi connectivity index (χ1v) is 4.67. The summed E-state index contributed by atoms with van der Waals surface area (Å²) in [5, 5.41) is 8.39. The summed E-state index contributed by atoms with van der Waals surface area (Å²) in [6.07, 6.45) is 0.281. The molecule has 0 aliphatic rings. The molecule has 0 aliphatic carbocycles. The highest BCUT2D eigenvalue weighted by Crippen LogP contribution is 2.17. The van der Waals surface area contributed by atoms with E-state index in [9.17, 15) is 13.6 Å². The highest BCUT2D eigenvalue weighted by Gasteiger charge is 2.10. The fourth-order valence-electron chi connectivity index (χ4n) is 1.38. The fourth-order valence-corrected chi connectivity index (χ4v) is 1.38. The van der Waals surface area contributed by atoms with Crippen molar-refractivity contribution in [3.8, 4) is 0 Å². The number of hydrogen-bond acceptors (Lipinski definition) is 1. The third-order valence-electron chi connectivity index (χ3n) is 2.10. The van der Waals surface area contributed by atoms with Crippen LogP contribution in [0.25, 0.3) is 0 Å². The van der Waals surface area contributed by atoms with Crippen molar-refractivity contribution < 1.29 is 18.7 Å². The molecule has 0 fully saturated rings. The Hall–Kier alpha value is -1.45. The number of carboxylic acids is 1. The molecule has 0 heterocycles. The van der Waals surface area contributed by atoms with Gasteiger partial charge in [-0.3, -0.25) is 4.79 Å². The molecule has 0 saturated carbocycles. The number of benzene rings is 1. The lowest BCUT2D eigenvalue weighted by atomic mass is 10.0. The Labute approximate surface area is 86.5 Å². The second kappa shape index (κ2) is 4.87. The van der Waals surface area contributed by atoms with Gasteiger partial charge in [-0.2, -0.15) is 0 Å². The van der Waals surface area contributed by atoms with Crippen LogP contribution in [0.15, 0.2) is 12.1 Å². The number of halogens is 2. The molecule has 0 bridgehead atoms. The topological polar surface area (TPSA) is 37.3 Å². The van der Waals surface area contributed by atoms with Crippen LogP contribution < -0.4 is 0 Å². The minimum atomic E-state index is -0.956. The summed E-state index contributed by atoms with van der Waals surface area (Å²) >= 11 is 0. The molecule has 0 aromatic heterocycles. The third-order valence-corrected chi connectivity index (χ3v) is 2.10. The first-order chi connectivity index (χ1) is 7.00. The lowest BCUT2D eigenvalue weighted by Gasteiger charge is -2.05. The van der Waals surface area contributed by atoms with Crippen LogP contribution in [-0.4, -0.2) is 11.1 Å². The lowest BCUT2D eigenvalue weighted by molar-refractivity contribution is -0.137. The first kappa shape index (κ1) is 11.6. The van der Waals surface area contributed by atoms with Gasteiger partial charge in [0, 0.05) is 12.0 Å². The fraction of sp³-hybridized carbons (Fsp3) is 0.364. The molecule has 0 saturated heterocycles. The molecule has 0 atom stereocenters. The van der Waals surface area contributed by atoms with Crippen molar-refractivity contribution in [2.45, 2.75) is 26.2 Å². The largest absolute Gasteiger partial charge is 0.481 e. The standard InChI is InChI=1S/C11H12F2O2/c1-7-5-9(12)8(10(13)6-7)3-2-4-11(14)15/h5-6H,2-4H2,1H3,(H,14,15). The minimum Gasteiger partial charge on any atom is -0.481 e. The van der Waals surface area contributed by atoms with Crippen LogP contribution in [0, 0.1) is 18.6 Å². The Morgan fingerprint density at radius 3 is 2.33 bits per heavy atom. The molecule has 1 aromatic carbocycles. The van der Waals surface area contributed by atoms with Crippen molar-refractivity contribution in [2.75, 3.05) is 0 Å². The van der Waals surface area contributed by atoms with Gasteiger partial charge in [-0.15, -0.1) is 0 Å². The van der Waals surface area contributed by atoms with Crippen LogP contribution in [0.5, 0.6) is 0 Å². The maximum absolute atomic E-state index is 13.2. The van der Waals surface area contributed by atoms with Crippen LogP contribution in [-0.2, 0) is 11.2 Å². The molecule has 1 N–H and O–H groups in total. The summed E-state index contributed by atoms with van der Waals surface area (Å²) in [6, 6.07) is 2.50. The van der Waals surface area contributed by atoms with E-state index >= 15 is 0 Å². The van der Waals surface area contributed by atoms with Crippen LogP contribution in [0.4, 0.5) is 8.78 Å². The number of carbonyl (C=O) groups is 1. The van der Waals surface area contributed by atoms with E-state index in [0.717, 1.165) is 0 Å². The molecule has 0 spiro atoms. The molecular weight excluding hydrogens is 202 g/mol. The van der Waals surface area contributed by atoms with Gasteiger partial charge in [0.15, 0.2) is 0 Å². The number of carboxylic acid groups (broad SMARTS) is 1. The van der Waals surface area contributed by atoms with Gasteiger partial charge in [-0.05, 0) is 37.5 Å². The number of hydrogen-bond donors (Lipinski definition) is 1. The smallest absolute Gasteiger partial charge is 0.303 e. The Bertz CT molecular complexity index is 352. The van der Waals surface area contributed by atoms with E-state index in [0.29, 0.717) is 5.56 Å².